The molecular formula is C13H22N4O. The molecule has 100 valence electrons. The Morgan fingerprint density at radius 2 is 2.22 bits per heavy atom. The van der Waals surface area contributed by atoms with E-state index in [0.29, 0.717) is 6.10 Å². The number of ether oxygens (including phenoxy) is 1. The number of nitrogens with two attached hydrogens (primary N) is 1. The summed E-state index contributed by atoms with van der Waals surface area (Å²) in [5, 5.41) is 8.59. The van der Waals surface area contributed by atoms with E-state index >= 15 is 0 Å². The minimum Gasteiger partial charge on any atom is -0.378 e. The Bertz CT molecular complexity index is 398. The van der Waals surface area contributed by atoms with Gasteiger partial charge in [-0.05, 0) is 32.1 Å². The molecule has 2 N–H and O–H groups in total. The second-order valence-corrected chi connectivity index (χ2v) is 5.47. The molecule has 0 aliphatic carbocycles. The molecule has 0 aromatic carbocycles. The normalized spacial score (nSPS) is 28.1. The van der Waals surface area contributed by atoms with Crippen molar-refractivity contribution in [1.29, 1.82) is 0 Å². The molecular weight excluding hydrogens is 228 g/mol. The first kappa shape index (κ1) is 12.1. The lowest BCUT2D eigenvalue weighted by atomic mass is 10.0. The van der Waals surface area contributed by atoms with Crippen LogP contribution >= 0.6 is 0 Å². The van der Waals surface area contributed by atoms with Crippen molar-refractivity contribution in [1.82, 2.24) is 14.8 Å². The van der Waals surface area contributed by atoms with Crippen molar-refractivity contribution in [3.8, 4) is 0 Å². The van der Waals surface area contributed by atoms with Crippen molar-refractivity contribution >= 4 is 0 Å². The summed E-state index contributed by atoms with van der Waals surface area (Å²) in [5.74, 6) is 2.20. The summed E-state index contributed by atoms with van der Waals surface area (Å²) >= 11 is 0. The Kier molecular flexibility index (Phi) is 3.61. The lowest BCUT2D eigenvalue weighted by Crippen LogP contribution is -2.33. The zero-order valence-electron chi connectivity index (χ0n) is 10.8. The highest BCUT2D eigenvalue weighted by Gasteiger charge is 2.21. The van der Waals surface area contributed by atoms with Crippen LogP contribution in [0.5, 0.6) is 0 Å². The second-order valence-electron chi connectivity index (χ2n) is 5.47. The fourth-order valence-electron chi connectivity index (χ4n) is 2.92. The van der Waals surface area contributed by atoms with Crippen molar-refractivity contribution in [2.45, 2.75) is 63.6 Å². The highest BCUT2D eigenvalue weighted by molar-refractivity contribution is 5.01. The first-order chi connectivity index (χ1) is 8.83. The molecule has 2 aliphatic rings. The number of fused-ring (bicyclic) bond motifs is 1. The van der Waals surface area contributed by atoms with Crippen molar-refractivity contribution < 1.29 is 4.74 Å². The minimum atomic E-state index is 0.262. The van der Waals surface area contributed by atoms with E-state index in [1.165, 1.54) is 19.3 Å². The molecule has 18 heavy (non-hydrogen) atoms. The molecule has 0 spiro atoms. The van der Waals surface area contributed by atoms with Gasteiger partial charge in [-0.1, -0.05) is 0 Å². The minimum absolute atomic E-state index is 0.262. The highest BCUT2D eigenvalue weighted by atomic mass is 16.5. The molecule has 0 saturated carbocycles. The van der Waals surface area contributed by atoms with Crippen molar-refractivity contribution in [2.24, 2.45) is 5.73 Å². The van der Waals surface area contributed by atoms with Gasteiger partial charge >= 0.3 is 0 Å². The maximum absolute atomic E-state index is 6.02. The fourth-order valence-corrected chi connectivity index (χ4v) is 2.92. The van der Waals surface area contributed by atoms with Crippen molar-refractivity contribution in [3.63, 3.8) is 0 Å². The van der Waals surface area contributed by atoms with E-state index in [0.717, 1.165) is 50.5 Å². The summed E-state index contributed by atoms with van der Waals surface area (Å²) in [6.07, 6.45) is 8.15. The maximum Gasteiger partial charge on any atom is 0.133 e. The monoisotopic (exact) mass is 250 g/mol. The quantitative estimate of drug-likeness (QED) is 0.871. The second kappa shape index (κ2) is 5.36. The first-order valence-electron chi connectivity index (χ1n) is 7.11. The van der Waals surface area contributed by atoms with E-state index in [1.807, 2.05) is 0 Å². The van der Waals surface area contributed by atoms with E-state index in [-0.39, 0.29) is 6.04 Å². The van der Waals surface area contributed by atoms with E-state index in [2.05, 4.69) is 14.8 Å². The van der Waals surface area contributed by atoms with Crippen LogP contribution in [-0.4, -0.2) is 33.5 Å². The third kappa shape index (κ3) is 2.57. The van der Waals surface area contributed by atoms with E-state index in [4.69, 9.17) is 10.5 Å². The Hall–Kier alpha value is -0.940. The van der Waals surface area contributed by atoms with Crippen LogP contribution in [0.15, 0.2) is 0 Å². The molecule has 3 rings (SSSR count). The molecule has 0 amide bonds. The summed E-state index contributed by atoms with van der Waals surface area (Å²) in [6, 6.07) is 0.262. The molecule has 3 heterocycles. The topological polar surface area (TPSA) is 66.0 Å². The van der Waals surface area contributed by atoms with Gasteiger partial charge in [0, 0.05) is 32.0 Å². The predicted molar refractivity (Wildman–Crippen MR) is 68.2 cm³/mol. The maximum atomic E-state index is 6.02. The van der Waals surface area contributed by atoms with Gasteiger partial charge < -0.3 is 15.0 Å². The van der Waals surface area contributed by atoms with Gasteiger partial charge in [-0.2, -0.15) is 0 Å². The van der Waals surface area contributed by atoms with E-state index in [1.54, 1.807) is 0 Å². The van der Waals surface area contributed by atoms with Gasteiger partial charge in [-0.15, -0.1) is 10.2 Å². The van der Waals surface area contributed by atoms with Crippen LogP contribution in [0, 0.1) is 0 Å². The van der Waals surface area contributed by atoms with Crippen molar-refractivity contribution in [3.05, 3.63) is 11.6 Å². The molecule has 5 heteroatoms. The number of nitrogens with zero attached hydrogens (tertiary/aromatic N) is 3. The molecule has 5 nitrogen and oxygen atoms in total. The molecule has 1 saturated heterocycles. The summed E-state index contributed by atoms with van der Waals surface area (Å²) in [4.78, 5) is 0. The Labute approximate surface area is 108 Å². The number of aryl methyl sites for hydroxylation is 2. The fraction of sp³-hybridized carbons (Fsp3) is 0.846. The zero-order valence-corrected chi connectivity index (χ0v) is 10.8. The summed E-state index contributed by atoms with van der Waals surface area (Å²) in [5.41, 5.74) is 6.02. The van der Waals surface area contributed by atoms with E-state index < -0.39 is 0 Å². The van der Waals surface area contributed by atoms with Gasteiger partial charge in [0.25, 0.3) is 0 Å². The van der Waals surface area contributed by atoms with Gasteiger partial charge in [-0.25, -0.2) is 0 Å². The van der Waals surface area contributed by atoms with Gasteiger partial charge in [0.05, 0.1) is 6.10 Å². The average molecular weight is 250 g/mol. The number of hydrogen-bond acceptors (Lipinski definition) is 4. The highest BCUT2D eigenvalue weighted by Crippen LogP contribution is 2.19. The molecule has 1 fully saturated rings. The average Bonchev–Trinajstić information content (AvgIpc) is 2.80. The van der Waals surface area contributed by atoms with Crippen LogP contribution in [0.2, 0.25) is 0 Å². The Morgan fingerprint density at radius 1 is 1.28 bits per heavy atom. The molecule has 2 atom stereocenters. The van der Waals surface area contributed by atoms with Crippen LogP contribution < -0.4 is 5.73 Å². The van der Waals surface area contributed by atoms with Gasteiger partial charge in [0.15, 0.2) is 0 Å². The summed E-state index contributed by atoms with van der Waals surface area (Å²) in [6.45, 7) is 1.80. The number of rotatable bonds is 3. The summed E-state index contributed by atoms with van der Waals surface area (Å²) in [7, 11) is 0. The molecule has 2 unspecified atom stereocenters. The Morgan fingerprint density at radius 3 is 3.06 bits per heavy atom. The number of hydrogen-bond donors (Lipinski definition) is 1. The van der Waals surface area contributed by atoms with Crippen LogP contribution in [0.1, 0.15) is 43.8 Å². The molecule has 2 aliphatic heterocycles. The number of aromatic nitrogens is 3. The lowest BCUT2D eigenvalue weighted by molar-refractivity contribution is 0.0110. The molecule has 1 aromatic heterocycles. The van der Waals surface area contributed by atoms with Crippen LogP contribution in [0.3, 0.4) is 0 Å². The third-order valence-electron chi connectivity index (χ3n) is 4.02. The predicted octanol–water partition coefficient (Wildman–Crippen LogP) is 1.05. The SMILES string of the molecule is NC1CCc2nnc(CCC3CCCCO3)n2C1. The van der Waals surface area contributed by atoms with E-state index in [9.17, 15) is 0 Å². The summed E-state index contributed by atoms with van der Waals surface area (Å²) < 4.78 is 7.98. The first-order valence-corrected chi connectivity index (χ1v) is 7.11. The molecule has 0 bridgehead atoms. The van der Waals surface area contributed by atoms with Crippen LogP contribution in [0.4, 0.5) is 0 Å². The Balaban J connectivity index is 1.61. The van der Waals surface area contributed by atoms with Crippen LogP contribution in [0.25, 0.3) is 0 Å². The van der Waals surface area contributed by atoms with Gasteiger partial charge in [0.2, 0.25) is 0 Å². The third-order valence-corrected chi connectivity index (χ3v) is 4.02. The van der Waals surface area contributed by atoms with Crippen LogP contribution in [-0.2, 0) is 24.1 Å². The zero-order chi connectivity index (χ0) is 12.4. The lowest BCUT2D eigenvalue weighted by Gasteiger charge is -2.23. The standard InChI is InChI=1S/C13H22N4O/c14-10-4-6-12-15-16-13(17(12)9-10)7-5-11-3-1-2-8-18-11/h10-11H,1-9,14H2. The van der Waals surface area contributed by atoms with Crippen molar-refractivity contribution in [2.75, 3.05) is 6.61 Å². The smallest absolute Gasteiger partial charge is 0.133 e. The van der Waals surface area contributed by atoms with Gasteiger partial charge in [-0.3, -0.25) is 0 Å². The largest absolute Gasteiger partial charge is 0.378 e. The van der Waals surface area contributed by atoms with Gasteiger partial charge in [0.1, 0.15) is 11.6 Å². The molecule has 1 aromatic rings. The molecule has 0 radical (unpaired) electrons.